The molecule has 1 aromatic carbocycles. The predicted octanol–water partition coefficient (Wildman–Crippen LogP) is 4.22. The highest BCUT2D eigenvalue weighted by molar-refractivity contribution is 5.89. The second-order valence-corrected chi connectivity index (χ2v) is 7.14. The van der Waals surface area contributed by atoms with Crippen LogP contribution in [0.15, 0.2) is 40.8 Å². The zero-order chi connectivity index (χ0) is 18.7. The Hall–Kier alpha value is -2.56. The van der Waals surface area contributed by atoms with Gasteiger partial charge in [0.05, 0.1) is 11.6 Å². The van der Waals surface area contributed by atoms with Crippen LogP contribution < -0.4 is 0 Å². The minimum atomic E-state index is -0.955. The molecule has 1 saturated heterocycles. The van der Waals surface area contributed by atoms with Gasteiger partial charge in [0.25, 0.3) is 0 Å². The van der Waals surface area contributed by atoms with Gasteiger partial charge in [-0.2, -0.15) is 0 Å². The molecule has 5 heteroatoms. The van der Waals surface area contributed by atoms with Gasteiger partial charge < -0.3 is 14.4 Å². The Morgan fingerprint density at radius 1 is 1.23 bits per heavy atom. The van der Waals surface area contributed by atoms with Gasteiger partial charge in [-0.1, -0.05) is 25.1 Å². The number of rotatable bonds is 5. The average Bonchev–Trinajstić information content (AvgIpc) is 3.06. The molecule has 26 heavy (non-hydrogen) atoms. The molecular formula is C21H25NO4. The predicted molar refractivity (Wildman–Crippen MR) is 98.0 cm³/mol. The first-order valence-corrected chi connectivity index (χ1v) is 9.12. The number of likely N-dealkylation sites (tertiary alicyclic amines) is 1. The van der Waals surface area contributed by atoms with E-state index in [1.165, 1.54) is 0 Å². The Labute approximate surface area is 153 Å². The average molecular weight is 355 g/mol. The third kappa shape index (κ3) is 3.98. The zero-order valence-corrected chi connectivity index (χ0v) is 15.3. The molecule has 2 atom stereocenters. The number of hydrogen-bond donors (Lipinski definition) is 1. The number of benzene rings is 1. The molecule has 1 fully saturated rings. The summed E-state index contributed by atoms with van der Waals surface area (Å²) in [5.74, 6) is 1.33. The fraction of sp³-hybridized carbons (Fsp3) is 0.429. The molecule has 3 rings (SSSR count). The number of amides is 1. The summed E-state index contributed by atoms with van der Waals surface area (Å²) in [6.07, 6.45) is 2.60. The molecule has 2 aromatic rings. The molecule has 1 aliphatic heterocycles. The van der Waals surface area contributed by atoms with Crippen LogP contribution in [0, 0.1) is 12.8 Å². The van der Waals surface area contributed by atoms with Crippen LogP contribution in [0.3, 0.4) is 0 Å². The monoisotopic (exact) mass is 355 g/mol. The topological polar surface area (TPSA) is 70.8 Å². The largest absolute Gasteiger partial charge is 0.478 e. The van der Waals surface area contributed by atoms with E-state index in [-0.39, 0.29) is 17.5 Å². The van der Waals surface area contributed by atoms with Crippen LogP contribution in [0.4, 0.5) is 0 Å². The number of furan rings is 1. The van der Waals surface area contributed by atoms with Gasteiger partial charge >= 0.3 is 5.97 Å². The highest BCUT2D eigenvalue weighted by Crippen LogP contribution is 2.35. The molecule has 1 aromatic heterocycles. The number of hydrogen-bond acceptors (Lipinski definition) is 3. The summed E-state index contributed by atoms with van der Waals surface area (Å²) < 4.78 is 5.79. The van der Waals surface area contributed by atoms with E-state index in [9.17, 15) is 14.7 Å². The van der Waals surface area contributed by atoms with Gasteiger partial charge in [0.2, 0.25) is 5.91 Å². The van der Waals surface area contributed by atoms with Crippen molar-refractivity contribution in [3.63, 3.8) is 0 Å². The third-order valence-electron chi connectivity index (χ3n) is 5.13. The number of carboxylic acids is 1. The van der Waals surface area contributed by atoms with Crippen molar-refractivity contribution in [3.8, 4) is 0 Å². The second kappa shape index (κ2) is 7.77. The van der Waals surface area contributed by atoms with Gasteiger partial charge in [-0.3, -0.25) is 4.79 Å². The zero-order valence-electron chi connectivity index (χ0n) is 15.3. The first-order valence-electron chi connectivity index (χ1n) is 9.12. The van der Waals surface area contributed by atoms with Crippen molar-refractivity contribution in [3.05, 3.63) is 59.0 Å². The molecule has 138 valence electrons. The molecule has 0 spiro atoms. The summed E-state index contributed by atoms with van der Waals surface area (Å²) in [6.45, 7) is 4.82. The van der Waals surface area contributed by atoms with E-state index in [1.54, 1.807) is 18.2 Å². The molecule has 1 aliphatic rings. The van der Waals surface area contributed by atoms with Crippen molar-refractivity contribution >= 4 is 11.9 Å². The summed E-state index contributed by atoms with van der Waals surface area (Å²) in [7, 11) is 0. The van der Waals surface area contributed by atoms with E-state index in [4.69, 9.17) is 4.42 Å². The van der Waals surface area contributed by atoms with Crippen molar-refractivity contribution < 1.29 is 19.1 Å². The van der Waals surface area contributed by atoms with Gasteiger partial charge in [-0.05, 0) is 55.9 Å². The molecular weight excluding hydrogens is 330 g/mol. The third-order valence-corrected chi connectivity index (χ3v) is 5.13. The smallest absolute Gasteiger partial charge is 0.335 e. The Bertz CT molecular complexity index is 795. The maximum atomic E-state index is 12.9. The van der Waals surface area contributed by atoms with Crippen molar-refractivity contribution in [2.45, 2.75) is 45.6 Å². The highest BCUT2D eigenvalue weighted by Gasteiger charge is 2.32. The van der Waals surface area contributed by atoms with E-state index < -0.39 is 5.97 Å². The van der Waals surface area contributed by atoms with Gasteiger partial charge in [0.15, 0.2) is 0 Å². The molecule has 5 nitrogen and oxygen atoms in total. The molecule has 2 unspecified atom stereocenters. The molecule has 0 aliphatic carbocycles. The number of nitrogens with zero attached hydrogens (tertiary/aromatic N) is 1. The number of aromatic carboxylic acids is 1. The summed E-state index contributed by atoms with van der Waals surface area (Å²) >= 11 is 0. The summed E-state index contributed by atoms with van der Waals surface area (Å²) in [6, 6.07) is 10.7. The van der Waals surface area contributed by atoms with Crippen molar-refractivity contribution in [2.24, 2.45) is 5.92 Å². The lowest BCUT2D eigenvalue weighted by Crippen LogP contribution is -2.40. The van der Waals surface area contributed by atoms with Gasteiger partial charge in [0, 0.05) is 13.0 Å². The molecule has 1 amide bonds. The summed E-state index contributed by atoms with van der Waals surface area (Å²) in [4.78, 5) is 26.1. The quantitative estimate of drug-likeness (QED) is 0.872. The van der Waals surface area contributed by atoms with E-state index in [1.807, 2.05) is 30.0 Å². The molecule has 1 N–H and O–H groups in total. The van der Waals surface area contributed by atoms with Crippen LogP contribution in [0.25, 0.3) is 0 Å². The fourth-order valence-electron chi connectivity index (χ4n) is 3.67. The number of carbonyl (C=O) groups excluding carboxylic acids is 1. The number of piperidine rings is 1. The molecule has 2 heterocycles. The second-order valence-electron chi connectivity index (χ2n) is 7.14. The summed E-state index contributed by atoms with van der Waals surface area (Å²) in [5.41, 5.74) is 0.967. The van der Waals surface area contributed by atoms with Crippen LogP contribution in [0.1, 0.15) is 59.7 Å². The fourth-order valence-corrected chi connectivity index (χ4v) is 3.67. The lowest BCUT2D eigenvalue weighted by molar-refractivity contribution is -0.136. The van der Waals surface area contributed by atoms with Crippen LogP contribution >= 0.6 is 0 Å². The van der Waals surface area contributed by atoms with Crippen LogP contribution in [0.2, 0.25) is 0 Å². The first-order chi connectivity index (χ1) is 12.5. The SMILES string of the molecule is Cc1ccc(C2CC(C)CCN2C(=O)CCc2ccccc2C(=O)O)o1. The van der Waals surface area contributed by atoms with E-state index >= 15 is 0 Å². The normalized spacial score (nSPS) is 20.2. The van der Waals surface area contributed by atoms with Gasteiger partial charge in [-0.15, -0.1) is 0 Å². The number of carbonyl (C=O) groups is 2. The first kappa shape index (κ1) is 18.2. The lowest BCUT2D eigenvalue weighted by Gasteiger charge is -2.37. The number of carboxylic acid groups (broad SMARTS) is 1. The Balaban J connectivity index is 1.72. The lowest BCUT2D eigenvalue weighted by atomic mass is 9.90. The number of aryl methyl sites for hydroxylation is 2. The van der Waals surface area contributed by atoms with Crippen molar-refractivity contribution in [1.29, 1.82) is 0 Å². The maximum Gasteiger partial charge on any atom is 0.335 e. The minimum absolute atomic E-state index is 0.0327. The van der Waals surface area contributed by atoms with Crippen LogP contribution in [-0.4, -0.2) is 28.4 Å². The molecule has 0 radical (unpaired) electrons. The summed E-state index contributed by atoms with van der Waals surface area (Å²) in [5, 5.41) is 9.29. The van der Waals surface area contributed by atoms with E-state index in [2.05, 4.69) is 6.92 Å². The maximum absolute atomic E-state index is 12.9. The van der Waals surface area contributed by atoms with E-state index in [0.717, 1.165) is 24.4 Å². The van der Waals surface area contributed by atoms with Gasteiger partial charge in [-0.25, -0.2) is 4.79 Å². The van der Waals surface area contributed by atoms with Gasteiger partial charge in [0.1, 0.15) is 11.5 Å². The van der Waals surface area contributed by atoms with Crippen molar-refractivity contribution in [2.75, 3.05) is 6.54 Å². The van der Waals surface area contributed by atoms with Crippen LogP contribution in [0.5, 0.6) is 0 Å². The Morgan fingerprint density at radius 2 is 2.00 bits per heavy atom. The Kier molecular flexibility index (Phi) is 5.45. The molecule has 0 saturated carbocycles. The van der Waals surface area contributed by atoms with Crippen LogP contribution in [-0.2, 0) is 11.2 Å². The Morgan fingerprint density at radius 3 is 2.69 bits per heavy atom. The standard InChI is InChI=1S/C21H25NO4/c1-14-11-12-22(18(13-14)19-9-7-15(2)26-19)20(23)10-8-16-5-3-4-6-17(16)21(24)25/h3-7,9,14,18H,8,10-13H2,1-2H3,(H,24,25). The van der Waals surface area contributed by atoms with Crippen molar-refractivity contribution in [1.82, 2.24) is 4.90 Å². The highest BCUT2D eigenvalue weighted by atomic mass is 16.4. The minimum Gasteiger partial charge on any atom is -0.478 e. The molecule has 0 bridgehead atoms. The van der Waals surface area contributed by atoms with E-state index in [0.29, 0.717) is 30.9 Å².